The summed E-state index contributed by atoms with van der Waals surface area (Å²) >= 11 is 0. The van der Waals surface area contributed by atoms with E-state index >= 15 is 0 Å². The summed E-state index contributed by atoms with van der Waals surface area (Å²) in [6.45, 7) is 19.9. The molecule has 4 rings (SSSR count). The van der Waals surface area contributed by atoms with E-state index in [0.29, 0.717) is 44.0 Å². The molecule has 0 saturated carbocycles. The second-order valence-corrected chi connectivity index (χ2v) is 19.0. The third kappa shape index (κ3) is 12.5. The van der Waals surface area contributed by atoms with E-state index in [1.54, 1.807) is 24.3 Å². The molecule has 3 saturated heterocycles. The van der Waals surface area contributed by atoms with Crippen LogP contribution in [0.15, 0.2) is 53.5 Å². The molecule has 3 fully saturated rings. The molecule has 10 atom stereocenters. The summed E-state index contributed by atoms with van der Waals surface area (Å²) in [6.07, 6.45) is 4.02. The Morgan fingerprint density at radius 3 is 2.29 bits per heavy atom. The molecule has 51 heavy (non-hydrogen) atoms. The maximum absolute atomic E-state index is 13.6. The van der Waals surface area contributed by atoms with Gasteiger partial charge in [-0.05, 0) is 86.5 Å². The zero-order valence-corrected chi connectivity index (χ0v) is 33.1. The van der Waals surface area contributed by atoms with Crippen molar-refractivity contribution >= 4 is 20.0 Å². The topological polar surface area (TPSA) is 135 Å². The highest BCUT2D eigenvalue weighted by Gasteiger charge is 2.45. The van der Waals surface area contributed by atoms with Crippen LogP contribution in [-0.4, -0.2) is 90.1 Å². The molecule has 0 aromatic heterocycles. The summed E-state index contributed by atoms with van der Waals surface area (Å²) in [5, 5.41) is 11.5. The fraction of sp³-hybridized carbons (Fsp3) is 0.744. The lowest BCUT2D eigenvalue weighted by molar-refractivity contribution is -0.0588. The molecule has 3 aliphatic heterocycles. The minimum absolute atomic E-state index is 0.0134. The van der Waals surface area contributed by atoms with Gasteiger partial charge in [-0.15, -0.1) is 0 Å². The Kier molecular flexibility index (Phi) is 15.4. The van der Waals surface area contributed by atoms with Gasteiger partial charge in [0.15, 0.2) is 16.1 Å². The Morgan fingerprint density at radius 1 is 1.00 bits per heavy atom. The van der Waals surface area contributed by atoms with Gasteiger partial charge >= 0.3 is 0 Å². The first-order valence-corrected chi connectivity index (χ1v) is 22.2. The average Bonchev–Trinajstić information content (AvgIpc) is 3.78. The molecule has 0 spiro atoms. The van der Waals surface area contributed by atoms with Crippen molar-refractivity contribution in [1.29, 1.82) is 0 Å². The molecule has 3 heterocycles. The largest absolute Gasteiger partial charge is 0.389 e. The van der Waals surface area contributed by atoms with Gasteiger partial charge in [0.25, 0.3) is 10.1 Å². The quantitative estimate of drug-likeness (QED) is 0.115. The van der Waals surface area contributed by atoms with Crippen molar-refractivity contribution in [3.63, 3.8) is 0 Å². The van der Waals surface area contributed by atoms with Crippen molar-refractivity contribution in [2.24, 2.45) is 23.7 Å². The minimum Gasteiger partial charge on any atom is -0.389 e. The van der Waals surface area contributed by atoms with Crippen molar-refractivity contribution in [3.05, 3.63) is 54.1 Å². The van der Waals surface area contributed by atoms with E-state index in [0.717, 1.165) is 49.5 Å². The fourth-order valence-corrected chi connectivity index (χ4v) is 10.1. The van der Waals surface area contributed by atoms with E-state index < -0.39 is 38.3 Å². The highest BCUT2D eigenvalue weighted by atomic mass is 32.2. The second kappa shape index (κ2) is 18.6. The fourth-order valence-electron chi connectivity index (χ4n) is 7.66. The van der Waals surface area contributed by atoms with Gasteiger partial charge in [-0.3, -0.25) is 4.18 Å². The molecule has 1 aromatic carbocycles. The number of hydrogen-bond donors (Lipinski definition) is 1. The van der Waals surface area contributed by atoms with Gasteiger partial charge in [-0.1, -0.05) is 65.0 Å². The lowest BCUT2D eigenvalue weighted by Gasteiger charge is -2.28. The Bertz CT molecular complexity index is 1500. The monoisotopic (exact) mass is 754 g/mol. The van der Waals surface area contributed by atoms with Gasteiger partial charge in [0, 0.05) is 18.8 Å². The minimum atomic E-state index is -3.76. The van der Waals surface area contributed by atoms with E-state index in [1.807, 2.05) is 13.8 Å². The van der Waals surface area contributed by atoms with Crippen LogP contribution in [0.1, 0.15) is 91.0 Å². The van der Waals surface area contributed by atoms with Crippen LogP contribution in [0.5, 0.6) is 0 Å². The van der Waals surface area contributed by atoms with E-state index in [9.17, 15) is 21.9 Å². The van der Waals surface area contributed by atoms with Crippen LogP contribution in [0.4, 0.5) is 0 Å². The Labute approximate surface area is 307 Å². The maximum atomic E-state index is 13.6. The molecule has 12 heteroatoms. The summed E-state index contributed by atoms with van der Waals surface area (Å²) in [4.78, 5) is 0.287. The van der Waals surface area contributed by atoms with Crippen molar-refractivity contribution in [1.82, 2.24) is 0 Å². The van der Waals surface area contributed by atoms with Crippen LogP contribution in [0.2, 0.25) is 0 Å². The standard InChI is InChI=1S/C39H62O10S2/c1-9-25(2)20-37-30(7)34(24-51(43,44)33-14-10-26(3)11-15-33)38(48-37)23-35(40)29(6)27(4)21-32(49-50(8,41)42)12-16-36-28(5)22-31(47-36)13-17-39-45-18-19-46-39/h10-11,14-15,25,27,30-32,34-40H,5-6,9,12-13,16-24H2,1-4,7-8H3/t25-,27+,30+,31+,32-,34-,35+,36?,37-,38+/m1/s1. The zero-order valence-electron chi connectivity index (χ0n) is 31.5. The highest BCUT2D eigenvalue weighted by Crippen LogP contribution is 2.41. The average molecular weight is 755 g/mol. The SMILES string of the molecule is C=C1C[C@H](CCC2OCCO2)OC1CC[C@H](C[C@H](C)C(=C)[C@@H](O)C[C@@H]1O[C@H](C[C@H](C)CC)[C@@H](C)[C@H]1CS(=O)(=O)c1ccc(C)cc1)OS(C)(=O)=O. The molecule has 3 aliphatic rings. The van der Waals surface area contributed by atoms with Crippen LogP contribution >= 0.6 is 0 Å². The van der Waals surface area contributed by atoms with Crippen molar-refractivity contribution in [2.45, 2.75) is 140 Å². The smallest absolute Gasteiger partial charge is 0.264 e. The number of aryl methyl sites for hydroxylation is 1. The van der Waals surface area contributed by atoms with E-state index in [1.165, 1.54) is 0 Å². The van der Waals surface area contributed by atoms with Crippen LogP contribution in [-0.2, 0) is 43.1 Å². The maximum Gasteiger partial charge on any atom is 0.264 e. The molecular formula is C39H62O10S2. The number of ether oxygens (including phenoxy) is 4. The lowest BCUT2D eigenvalue weighted by Crippen LogP contribution is -2.32. The molecule has 0 aliphatic carbocycles. The first-order chi connectivity index (χ1) is 24.0. The molecule has 1 unspecified atom stereocenters. The zero-order chi connectivity index (χ0) is 37.5. The molecule has 1 aromatic rings. The predicted molar refractivity (Wildman–Crippen MR) is 198 cm³/mol. The van der Waals surface area contributed by atoms with Crippen LogP contribution < -0.4 is 0 Å². The highest BCUT2D eigenvalue weighted by molar-refractivity contribution is 7.91. The first kappa shape index (κ1) is 42.1. The van der Waals surface area contributed by atoms with E-state index in [-0.39, 0.29) is 59.4 Å². The summed E-state index contributed by atoms with van der Waals surface area (Å²) in [7, 11) is -7.36. The number of benzene rings is 1. The summed E-state index contributed by atoms with van der Waals surface area (Å²) < 4.78 is 81.2. The molecule has 0 radical (unpaired) electrons. The Hall–Kier alpha value is -1.64. The number of aliphatic hydroxyl groups is 1. The summed E-state index contributed by atoms with van der Waals surface area (Å²) in [5.41, 5.74) is 2.51. The van der Waals surface area contributed by atoms with Crippen molar-refractivity contribution < 1.29 is 45.1 Å². The molecule has 1 N–H and O–H groups in total. The van der Waals surface area contributed by atoms with Crippen LogP contribution in [0.25, 0.3) is 0 Å². The van der Waals surface area contributed by atoms with Gasteiger partial charge in [-0.25, -0.2) is 8.42 Å². The van der Waals surface area contributed by atoms with Gasteiger partial charge in [0.05, 0.1) is 66.7 Å². The Morgan fingerprint density at radius 2 is 1.67 bits per heavy atom. The summed E-state index contributed by atoms with van der Waals surface area (Å²) in [5.74, 6) is -0.286. The van der Waals surface area contributed by atoms with Gasteiger partial charge in [0.2, 0.25) is 0 Å². The number of sulfone groups is 1. The summed E-state index contributed by atoms with van der Waals surface area (Å²) in [6, 6.07) is 6.91. The number of rotatable bonds is 20. The second-order valence-electron chi connectivity index (χ2n) is 15.4. The van der Waals surface area contributed by atoms with Gasteiger partial charge in [0.1, 0.15) is 0 Å². The molecule has 10 nitrogen and oxygen atoms in total. The number of aliphatic hydroxyl groups excluding tert-OH is 1. The molecule has 0 amide bonds. The van der Waals surface area contributed by atoms with Gasteiger partial charge < -0.3 is 24.1 Å². The predicted octanol–water partition coefficient (Wildman–Crippen LogP) is 6.55. The number of hydrogen-bond acceptors (Lipinski definition) is 10. The van der Waals surface area contributed by atoms with E-state index in [2.05, 4.69) is 33.9 Å². The lowest BCUT2D eigenvalue weighted by atomic mass is 9.83. The first-order valence-electron chi connectivity index (χ1n) is 18.7. The van der Waals surface area contributed by atoms with Gasteiger partial charge in [-0.2, -0.15) is 8.42 Å². The normalized spacial score (nSPS) is 28.6. The Balaban J connectivity index is 1.38. The molecular weight excluding hydrogens is 693 g/mol. The van der Waals surface area contributed by atoms with Crippen LogP contribution in [0, 0.1) is 30.6 Å². The molecule has 0 bridgehead atoms. The van der Waals surface area contributed by atoms with Crippen molar-refractivity contribution in [2.75, 3.05) is 25.2 Å². The molecule has 290 valence electrons. The van der Waals surface area contributed by atoms with Crippen molar-refractivity contribution in [3.8, 4) is 0 Å². The third-order valence-corrected chi connectivity index (χ3v) is 13.6. The third-order valence-electron chi connectivity index (χ3n) is 11.1. The van der Waals surface area contributed by atoms with Crippen LogP contribution in [0.3, 0.4) is 0 Å². The van der Waals surface area contributed by atoms with E-state index in [4.69, 9.17) is 23.1 Å².